The van der Waals surface area contributed by atoms with Gasteiger partial charge in [-0.25, -0.2) is 0 Å². The monoisotopic (exact) mass is 509 g/mol. The summed E-state index contributed by atoms with van der Waals surface area (Å²) < 4.78 is 13.6. The number of hydrogen-bond acceptors (Lipinski definition) is 7. The second-order valence-corrected chi connectivity index (χ2v) is 9.22. The minimum Gasteiger partial charge on any atom is -0.490 e. The van der Waals surface area contributed by atoms with Crippen molar-refractivity contribution in [2.24, 2.45) is 0 Å². The molecule has 1 N–H and O–H groups in total. The van der Waals surface area contributed by atoms with Gasteiger partial charge in [0.15, 0.2) is 11.5 Å². The van der Waals surface area contributed by atoms with Crippen LogP contribution in [0.2, 0.25) is 5.02 Å². The molecule has 0 aliphatic carbocycles. The first-order chi connectivity index (χ1) is 17.2. The van der Waals surface area contributed by atoms with Crippen molar-refractivity contribution in [2.75, 3.05) is 18.9 Å². The van der Waals surface area contributed by atoms with E-state index in [-0.39, 0.29) is 0 Å². The van der Waals surface area contributed by atoms with Crippen LogP contribution in [0.15, 0.2) is 78.0 Å². The molecular formula is C26H28ClN5O2S. The number of rotatable bonds is 13. The molecule has 0 radical (unpaired) electrons. The summed E-state index contributed by atoms with van der Waals surface area (Å²) in [7, 11) is 0. The third kappa shape index (κ3) is 7.45. The zero-order valence-corrected chi connectivity index (χ0v) is 21.1. The highest BCUT2D eigenvalue weighted by molar-refractivity contribution is 7.99. The number of halogens is 1. The van der Waals surface area contributed by atoms with E-state index in [4.69, 9.17) is 21.1 Å². The molecule has 0 bridgehead atoms. The molecule has 0 fully saturated rings. The summed E-state index contributed by atoms with van der Waals surface area (Å²) in [6, 6.07) is 23.6. The topological polar surface area (TPSA) is 74.1 Å². The number of hydrogen-bond donors (Lipinski definition) is 1. The van der Waals surface area contributed by atoms with Gasteiger partial charge in [-0.15, -0.1) is 5.10 Å². The van der Waals surface area contributed by atoms with Gasteiger partial charge in [0.1, 0.15) is 6.61 Å². The van der Waals surface area contributed by atoms with Crippen LogP contribution in [0.1, 0.15) is 24.5 Å². The van der Waals surface area contributed by atoms with Gasteiger partial charge < -0.3 is 14.8 Å². The maximum absolute atomic E-state index is 6.07. The Morgan fingerprint density at radius 1 is 0.943 bits per heavy atom. The molecule has 35 heavy (non-hydrogen) atoms. The lowest BCUT2D eigenvalue weighted by Gasteiger charge is -2.14. The number of ether oxygens (including phenoxy) is 2. The average Bonchev–Trinajstić information content (AvgIpc) is 3.35. The van der Waals surface area contributed by atoms with Crippen molar-refractivity contribution >= 4 is 23.4 Å². The van der Waals surface area contributed by atoms with Crippen LogP contribution in [-0.4, -0.2) is 39.1 Å². The standard InChI is InChI=1S/C26H28ClN5O2S/c1-2-33-25-17-20(12-13-24(25)34-19-21-8-6-9-22(27)16-21)18-28-14-7-15-35-26-29-30-31-32(26)23-10-4-3-5-11-23/h3-6,8-13,16-17,28H,2,7,14-15,18-19H2,1H3. The van der Waals surface area contributed by atoms with E-state index in [1.807, 2.05) is 73.7 Å². The molecule has 0 saturated heterocycles. The molecule has 7 nitrogen and oxygen atoms in total. The number of thioether (sulfide) groups is 1. The minimum atomic E-state index is 0.434. The van der Waals surface area contributed by atoms with E-state index in [1.54, 1.807) is 16.4 Å². The zero-order valence-electron chi connectivity index (χ0n) is 19.6. The fourth-order valence-electron chi connectivity index (χ4n) is 3.43. The van der Waals surface area contributed by atoms with Crippen LogP contribution in [-0.2, 0) is 13.2 Å². The smallest absolute Gasteiger partial charge is 0.214 e. The van der Waals surface area contributed by atoms with Gasteiger partial charge in [0.25, 0.3) is 0 Å². The van der Waals surface area contributed by atoms with Crippen molar-refractivity contribution < 1.29 is 9.47 Å². The Morgan fingerprint density at radius 2 is 1.83 bits per heavy atom. The highest BCUT2D eigenvalue weighted by atomic mass is 35.5. The summed E-state index contributed by atoms with van der Waals surface area (Å²) in [6.07, 6.45) is 0.992. The molecule has 0 unspecified atom stereocenters. The van der Waals surface area contributed by atoms with Crippen LogP contribution in [0.3, 0.4) is 0 Å². The van der Waals surface area contributed by atoms with Crippen molar-refractivity contribution in [1.29, 1.82) is 0 Å². The number of tetrazole rings is 1. The average molecular weight is 510 g/mol. The molecule has 0 atom stereocenters. The number of para-hydroxylation sites is 1. The number of nitrogens with zero attached hydrogens (tertiary/aromatic N) is 4. The first-order valence-corrected chi connectivity index (χ1v) is 12.9. The van der Waals surface area contributed by atoms with E-state index in [9.17, 15) is 0 Å². The summed E-state index contributed by atoms with van der Waals surface area (Å²) in [5.41, 5.74) is 3.12. The van der Waals surface area contributed by atoms with Gasteiger partial charge in [-0.1, -0.05) is 59.8 Å². The quantitative estimate of drug-likeness (QED) is 0.187. The first-order valence-electron chi connectivity index (χ1n) is 11.5. The van der Waals surface area contributed by atoms with E-state index in [0.29, 0.717) is 18.2 Å². The minimum absolute atomic E-state index is 0.434. The number of benzene rings is 3. The lowest BCUT2D eigenvalue weighted by atomic mass is 10.2. The van der Waals surface area contributed by atoms with Gasteiger partial charge in [-0.3, -0.25) is 0 Å². The summed E-state index contributed by atoms with van der Waals surface area (Å²) in [5.74, 6) is 2.39. The highest BCUT2D eigenvalue weighted by Gasteiger charge is 2.09. The maximum atomic E-state index is 6.07. The molecule has 0 amide bonds. The van der Waals surface area contributed by atoms with E-state index in [1.165, 1.54) is 0 Å². The van der Waals surface area contributed by atoms with Crippen molar-refractivity contribution in [3.8, 4) is 17.2 Å². The number of nitrogens with one attached hydrogen (secondary N) is 1. The molecule has 1 aromatic heterocycles. The molecule has 182 valence electrons. The van der Waals surface area contributed by atoms with Gasteiger partial charge in [0.05, 0.1) is 12.3 Å². The van der Waals surface area contributed by atoms with E-state index < -0.39 is 0 Å². The van der Waals surface area contributed by atoms with E-state index in [2.05, 4.69) is 26.9 Å². The van der Waals surface area contributed by atoms with Gasteiger partial charge in [0, 0.05) is 17.3 Å². The Labute approximate surface area is 214 Å². The molecule has 1 heterocycles. The Bertz CT molecular complexity index is 1210. The van der Waals surface area contributed by atoms with Gasteiger partial charge in [-0.05, 0) is 77.8 Å². The lowest BCUT2D eigenvalue weighted by molar-refractivity contribution is 0.269. The van der Waals surface area contributed by atoms with Crippen LogP contribution in [0, 0.1) is 0 Å². The summed E-state index contributed by atoms with van der Waals surface area (Å²) in [5, 5.41) is 17.1. The third-order valence-electron chi connectivity index (χ3n) is 5.09. The van der Waals surface area contributed by atoms with Gasteiger partial charge in [-0.2, -0.15) is 4.68 Å². The lowest BCUT2D eigenvalue weighted by Crippen LogP contribution is -2.15. The summed E-state index contributed by atoms with van der Waals surface area (Å²) in [4.78, 5) is 0. The van der Waals surface area contributed by atoms with Crippen molar-refractivity contribution in [3.63, 3.8) is 0 Å². The van der Waals surface area contributed by atoms with E-state index in [0.717, 1.165) is 58.7 Å². The SMILES string of the molecule is CCOc1cc(CNCCCSc2nnnn2-c2ccccc2)ccc1OCc1cccc(Cl)c1. The fraction of sp³-hybridized carbons (Fsp3) is 0.269. The Kier molecular flexibility index (Phi) is 9.39. The molecule has 9 heteroatoms. The van der Waals surface area contributed by atoms with Crippen LogP contribution in [0.4, 0.5) is 0 Å². The second kappa shape index (κ2) is 13.1. The maximum Gasteiger partial charge on any atom is 0.214 e. The first kappa shape index (κ1) is 25.0. The summed E-state index contributed by atoms with van der Waals surface area (Å²) in [6.45, 7) is 4.61. The fourth-order valence-corrected chi connectivity index (χ4v) is 4.47. The molecule has 0 spiro atoms. The molecule has 4 rings (SSSR count). The van der Waals surface area contributed by atoms with Crippen LogP contribution >= 0.6 is 23.4 Å². The van der Waals surface area contributed by atoms with E-state index >= 15 is 0 Å². The van der Waals surface area contributed by atoms with Crippen molar-refractivity contribution in [3.05, 3.63) is 88.9 Å². The molecule has 0 aliphatic rings. The Morgan fingerprint density at radius 3 is 2.66 bits per heavy atom. The second-order valence-electron chi connectivity index (χ2n) is 7.72. The largest absolute Gasteiger partial charge is 0.490 e. The van der Waals surface area contributed by atoms with Crippen LogP contribution in [0.25, 0.3) is 5.69 Å². The van der Waals surface area contributed by atoms with Crippen molar-refractivity contribution in [1.82, 2.24) is 25.5 Å². The molecule has 3 aromatic carbocycles. The Balaban J connectivity index is 1.22. The molecule has 0 aliphatic heterocycles. The molecular weight excluding hydrogens is 482 g/mol. The number of aromatic nitrogens is 4. The normalized spacial score (nSPS) is 10.9. The summed E-state index contributed by atoms with van der Waals surface area (Å²) >= 11 is 7.72. The molecule has 4 aromatic rings. The van der Waals surface area contributed by atoms with Gasteiger partial charge in [0.2, 0.25) is 5.16 Å². The predicted octanol–water partition coefficient (Wildman–Crippen LogP) is 5.57. The predicted molar refractivity (Wildman–Crippen MR) is 140 cm³/mol. The van der Waals surface area contributed by atoms with Crippen LogP contribution in [0.5, 0.6) is 11.5 Å². The zero-order chi connectivity index (χ0) is 24.3. The Hall–Kier alpha value is -3.07. The van der Waals surface area contributed by atoms with Crippen LogP contribution < -0.4 is 14.8 Å². The molecule has 0 saturated carbocycles. The highest BCUT2D eigenvalue weighted by Crippen LogP contribution is 2.29. The third-order valence-corrected chi connectivity index (χ3v) is 6.33. The van der Waals surface area contributed by atoms with Crippen molar-refractivity contribution in [2.45, 2.75) is 31.7 Å². The van der Waals surface area contributed by atoms with Gasteiger partial charge >= 0.3 is 0 Å².